The molecule has 1 aromatic carbocycles. The molecule has 0 aliphatic heterocycles. The molecule has 0 saturated heterocycles. The van der Waals surface area contributed by atoms with Crippen LogP contribution >= 0.6 is 23.2 Å². The van der Waals surface area contributed by atoms with E-state index in [1.165, 1.54) is 12.1 Å². The Morgan fingerprint density at radius 3 is 2.39 bits per heavy atom. The second-order valence-corrected chi connectivity index (χ2v) is 5.19. The highest BCUT2D eigenvalue weighted by Gasteiger charge is 2.27. The third-order valence-electron chi connectivity index (χ3n) is 2.53. The minimum absolute atomic E-state index is 0.146. The van der Waals surface area contributed by atoms with E-state index in [9.17, 15) is 9.18 Å². The summed E-state index contributed by atoms with van der Waals surface area (Å²) in [6.45, 7) is 3.57. The molecule has 0 spiro atoms. The van der Waals surface area contributed by atoms with Crippen molar-refractivity contribution in [1.82, 2.24) is 0 Å². The van der Waals surface area contributed by atoms with Crippen molar-refractivity contribution in [3.05, 3.63) is 28.0 Å². The summed E-state index contributed by atoms with van der Waals surface area (Å²) in [6.07, 6.45) is 1.33. The van der Waals surface area contributed by atoms with Crippen molar-refractivity contribution in [2.24, 2.45) is 5.73 Å². The minimum atomic E-state index is -0.984. The molecule has 0 radical (unpaired) electrons. The standard InChI is InChI=1S/C12H15Cl2FN2O/c1-3-4-12(2,16)11(18)17-7-5-8(13)10(15)9(14)6-7/h5-6H,3-4,16H2,1-2H3,(H,17,18). The summed E-state index contributed by atoms with van der Waals surface area (Å²) >= 11 is 11.3. The van der Waals surface area contributed by atoms with E-state index in [-0.39, 0.29) is 16.0 Å². The molecule has 6 heteroatoms. The first-order valence-corrected chi connectivity index (χ1v) is 6.28. The van der Waals surface area contributed by atoms with Crippen LogP contribution in [0.4, 0.5) is 10.1 Å². The van der Waals surface area contributed by atoms with Crippen molar-refractivity contribution in [3.63, 3.8) is 0 Å². The fraction of sp³-hybridized carbons (Fsp3) is 0.417. The quantitative estimate of drug-likeness (QED) is 0.833. The van der Waals surface area contributed by atoms with Crippen LogP contribution in [0.5, 0.6) is 0 Å². The molecular formula is C12H15Cl2FN2O. The minimum Gasteiger partial charge on any atom is -0.324 e. The number of benzene rings is 1. The van der Waals surface area contributed by atoms with E-state index in [1.54, 1.807) is 6.92 Å². The summed E-state index contributed by atoms with van der Waals surface area (Å²) in [7, 11) is 0. The van der Waals surface area contributed by atoms with Gasteiger partial charge < -0.3 is 11.1 Å². The Labute approximate surface area is 115 Å². The van der Waals surface area contributed by atoms with E-state index in [0.717, 1.165) is 6.42 Å². The predicted octanol–water partition coefficient (Wildman–Crippen LogP) is 3.59. The van der Waals surface area contributed by atoms with Gasteiger partial charge in [0.1, 0.15) is 0 Å². The summed E-state index contributed by atoms with van der Waals surface area (Å²) in [5, 5.41) is 2.28. The summed E-state index contributed by atoms with van der Waals surface area (Å²) < 4.78 is 13.2. The zero-order valence-corrected chi connectivity index (χ0v) is 11.7. The van der Waals surface area contributed by atoms with Gasteiger partial charge in [-0.25, -0.2) is 4.39 Å². The number of amides is 1. The van der Waals surface area contributed by atoms with Crippen LogP contribution in [0.3, 0.4) is 0 Å². The Bertz CT molecular complexity index is 440. The van der Waals surface area contributed by atoms with Gasteiger partial charge in [0.25, 0.3) is 0 Å². The lowest BCUT2D eigenvalue weighted by Gasteiger charge is -2.23. The fourth-order valence-electron chi connectivity index (χ4n) is 1.53. The number of carbonyl (C=O) groups is 1. The van der Waals surface area contributed by atoms with Gasteiger partial charge in [-0.2, -0.15) is 0 Å². The molecule has 0 saturated carbocycles. The van der Waals surface area contributed by atoms with Crippen LogP contribution in [-0.2, 0) is 4.79 Å². The third-order valence-corrected chi connectivity index (χ3v) is 3.08. The van der Waals surface area contributed by atoms with E-state index in [1.807, 2.05) is 6.92 Å². The molecule has 0 aromatic heterocycles. The van der Waals surface area contributed by atoms with Crippen LogP contribution in [0.25, 0.3) is 0 Å². The highest BCUT2D eigenvalue weighted by molar-refractivity contribution is 6.35. The Morgan fingerprint density at radius 2 is 1.94 bits per heavy atom. The lowest BCUT2D eigenvalue weighted by atomic mass is 9.96. The van der Waals surface area contributed by atoms with E-state index < -0.39 is 11.4 Å². The van der Waals surface area contributed by atoms with Crippen molar-refractivity contribution in [2.45, 2.75) is 32.2 Å². The first-order chi connectivity index (χ1) is 8.27. The monoisotopic (exact) mass is 292 g/mol. The molecule has 1 unspecified atom stereocenters. The number of hydrogen-bond acceptors (Lipinski definition) is 2. The molecule has 1 amide bonds. The number of nitrogens with one attached hydrogen (secondary N) is 1. The van der Waals surface area contributed by atoms with Crippen LogP contribution in [0.2, 0.25) is 10.0 Å². The third kappa shape index (κ3) is 3.57. The van der Waals surface area contributed by atoms with E-state index in [0.29, 0.717) is 12.1 Å². The van der Waals surface area contributed by atoms with Crippen molar-refractivity contribution in [1.29, 1.82) is 0 Å². The summed E-state index contributed by atoms with van der Waals surface area (Å²) in [6, 6.07) is 2.59. The Kier molecular flexibility index (Phi) is 4.96. The van der Waals surface area contributed by atoms with Crippen LogP contribution in [-0.4, -0.2) is 11.4 Å². The van der Waals surface area contributed by atoms with Crippen molar-refractivity contribution in [3.8, 4) is 0 Å². The van der Waals surface area contributed by atoms with Gasteiger partial charge in [0.05, 0.1) is 15.6 Å². The Morgan fingerprint density at radius 1 is 1.44 bits per heavy atom. The van der Waals surface area contributed by atoms with Gasteiger partial charge in [0, 0.05) is 5.69 Å². The van der Waals surface area contributed by atoms with Crippen molar-refractivity contribution in [2.75, 3.05) is 5.32 Å². The molecule has 0 aliphatic carbocycles. The Hall–Kier alpha value is -0.840. The number of carbonyl (C=O) groups excluding carboxylic acids is 1. The average Bonchev–Trinajstić information content (AvgIpc) is 2.25. The maximum atomic E-state index is 13.2. The number of halogens is 3. The van der Waals surface area contributed by atoms with E-state index in [2.05, 4.69) is 5.32 Å². The number of anilines is 1. The SMILES string of the molecule is CCCC(C)(N)C(=O)Nc1cc(Cl)c(F)c(Cl)c1. The summed E-state index contributed by atoms with van der Waals surface area (Å²) in [4.78, 5) is 11.9. The lowest BCUT2D eigenvalue weighted by molar-refractivity contribution is -0.120. The summed E-state index contributed by atoms with van der Waals surface area (Å²) in [5.74, 6) is -1.07. The van der Waals surface area contributed by atoms with Gasteiger partial charge in [0.2, 0.25) is 5.91 Å². The largest absolute Gasteiger partial charge is 0.324 e. The van der Waals surface area contributed by atoms with Crippen LogP contribution in [0.15, 0.2) is 12.1 Å². The molecule has 100 valence electrons. The Balaban J connectivity index is 2.89. The maximum absolute atomic E-state index is 13.2. The normalized spacial score (nSPS) is 14.1. The molecule has 1 aromatic rings. The molecule has 1 atom stereocenters. The zero-order valence-electron chi connectivity index (χ0n) is 10.2. The molecule has 0 fully saturated rings. The molecule has 0 bridgehead atoms. The van der Waals surface area contributed by atoms with Gasteiger partial charge >= 0.3 is 0 Å². The topological polar surface area (TPSA) is 55.1 Å². The average molecular weight is 293 g/mol. The predicted molar refractivity (Wildman–Crippen MR) is 72.6 cm³/mol. The molecule has 1 rings (SSSR count). The highest BCUT2D eigenvalue weighted by atomic mass is 35.5. The van der Waals surface area contributed by atoms with Crippen LogP contribution < -0.4 is 11.1 Å². The fourth-order valence-corrected chi connectivity index (χ4v) is 2.02. The molecule has 0 aliphatic rings. The molecule has 0 heterocycles. The second-order valence-electron chi connectivity index (χ2n) is 4.38. The number of rotatable bonds is 4. The molecular weight excluding hydrogens is 278 g/mol. The van der Waals surface area contributed by atoms with Crippen LogP contribution in [0.1, 0.15) is 26.7 Å². The second kappa shape index (κ2) is 5.87. The van der Waals surface area contributed by atoms with Gasteiger partial charge in [-0.1, -0.05) is 36.5 Å². The summed E-state index contributed by atoms with van der Waals surface area (Å²) in [5.41, 5.74) is 5.21. The van der Waals surface area contributed by atoms with Crippen molar-refractivity contribution >= 4 is 34.8 Å². The van der Waals surface area contributed by atoms with Gasteiger partial charge in [-0.15, -0.1) is 0 Å². The molecule has 18 heavy (non-hydrogen) atoms. The number of nitrogens with two attached hydrogens (primary N) is 1. The highest BCUT2D eigenvalue weighted by Crippen LogP contribution is 2.27. The van der Waals surface area contributed by atoms with Crippen LogP contribution in [0, 0.1) is 5.82 Å². The zero-order chi connectivity index (χ0) is 13.9. The van der Waals surface area contributed by atoms with E-state index in [4.69, 9.17) is 28.9 Å². The van der Waals surface area contributed by atoms with Gasteiger partial charge in [-0.3, -0.25) is 4.79 Å². The molecule has 3 N–H and O–H groups in total. The lowest BCUT2D eigenvalue weighted by Crippen LogP contribution is -2.48. The first-order valence-electron chi connectivity index (χ1n) is 5.53. The van der Waals surface area contributed by atoms with Crippen molar-refractivity contribution < 1.29 is 9.18 Å². The molecule has 3 nitrogen and oxygen atoms in total. The number of hydrogen-bond donors (Lipinski definition) is 2. The smallest absolute Gasteiger partial charge is 0.244 e. The van der Waals surface area contributed by atoms with E-state index >= 15 is 0 Å². The maximum Gasteiger partial charge on any atom is 0.244 e. The van der Waals surface area contributed by atoms with Gasteiger partial charge in [-0.05, 0) is 25.5 Å². The van der Waals surface area contributed by atoms with Gasteiger partial charge in [0.15, 0.2) is 5.82 Å². The first kappa shape index (κ1) is 15.2.